The van der Waals surface area contributed by atoms with Crippen LogP contribution in [0.1, 0.15) is 5.56 Å². The normalized spacial score (nSPS) is 9.73. The number of hydrogen-bond acceptors (Lipinski definition) is 3. The van der Waals surface area contributed by atoms with Crippen LogP contribution in [0, 0.1) is 0 Å². The van der Waals surface area contributed by atoms with Gasteiger partial charge in [0.15, 0.2) is 0 Å². The van der Waals surface area contributed by atoms with Gasteiger partial charge in [0.25, 0.3) is 0 Å². The van der Waals surface area contributed by atoms with Crippen LogP contribution in [0.2, 0.25) is 0 Å². The number of carbonyl (C=O) groups excluding carboxylic acids is 1. The van der Waals surface area contributed by atoms with Gasteiger partial charge in [-0.3, -0.25) is 9.78 Å². The van der Waals surface area contributed by atoms with Crippen molar-refractivity contribution in [2.45, 2.75) is 6.54 Å². The summed E-state index contributed by atoms with van der Waals surface area (Å²) < 4.78 is 1.71. The molecule has 0 radical (unpaired) electrons. The highest BCUT2D eigenvalue weighted by molar-refractivity contribution is 5.77. The summed E-state index contributed by atoms with van der Waals surface area (Å²) in [4.78, 5) is 15.0. The number of nitrogens with two attached hydrogens (primary N) is 1. The second-order valence-corrected chi connectivity index (χ2v) is 3.23. The van der Waals surface area contributed by atoms with Gasteiger partial charge in [0, 0.05) is 18.8 Å². The fourth-order valence-corrected chi connectivity index (χ4v) is 1.05. The van der Waals surface area contributed by atoms with Gasteiger partial charge in [0.05, 0.1) is 12.7 Å². The van der Waals surface area contributed by atoms with Crippen LogP contribution in [-0.2, 0) is 11.3 Å². The zero-order valence-electron chi connectivity index (χ0n) is 8.73. The smallest absolute Gasteiger partial charge is 0.234 e. The van der Waals surface area contributed by atoms with Gasteiger partial charge < -0.3 is 11.1 Å². The van der Waals surface area contributed by atoms with E-state index in [9.17, 15) is 4.79 Å². The van der Waals surface area contributed by atoms with Crippen molar-refractivity contribution in [1.82, 2.24) is 10.3 Å². The van der Waals surface area contributed by atoms with E-state index >= 15 is 0 Å². The van der Waals surface area contributed by atoms with Crippen LogP contribution >= 0.6 is 0 Å². The maximum Gasteiger partial charge on any atom is 0.234 e. The van der Waals surface area contributed by atoms with E-state index in [1.807, 2.05) is 13.1 Å². The quantitative estimate of drug-likeness (QED) is 0.523. The minimum absolute atomic E-state index is 0.00234. The van der Waals surface area contributed by atoms with Crippen molar-refractivity contribution in [1.29, 1.82) is 0 Å². The van der Waals surface area contributed by atoms with Crippen LogP contribution in [0.15, 0.2) is 18.5 Å². The summed E-state index contributed by atoms with van der Waals surface area (Å²) in [6.45, 7) is 4.18. The van der Waals surface area contributed by atoms with E-state index in [2.05, 4.69) is 17.0 Å². The second kappa shape index (κ2) is 5.21. The first-order valence-electron chi connectivity index (χ1n) is 4.58. The van der Waals surface area contributed by atoms with Crippen molar-refractivity contribution >= 4 is 18.3 Å². The van der Waals surface area contributed by atoms with Crippen molar-refractivity contribution in [2.75, 3.05) is 13.6 Å². The van der Waals surface area contributed by atoms with E-state index in [-0.39, 0.29) is 12.5 Å². The van der Waals surface area contributed by atoms with Crippen LogP contribution in [0.25, 0.3) is 0 Å². The van der Waals surface area contributed by atoms with Crippen LogP contribution in [-0.4, -0.2) is 35.8 Å². The summed E-state index contributed by atoms with van der Waals surface area (Å²) in [6, 6.07) is 1.91. The topological polar surface area (TPSA) is 71.0 Å². The van der Waals surface area contributed by atoms with Gasteiger partial charge in [-0.2, -0.15) is 0 Å². The summed E-state index contributed by atoms with van der Waals surface area (Å²) in [7, 11) is 1.83. The molecular weight excluding hydrogens is 192 g/mol. The summed E-state index contributed by atoms with van der Waals surface area (Å²) >= 11 is 0. The van der Waals surface area contributed by atoms with E-state index in [1.54, 1.807) is 17.0 Å². The maximum atomic E-state index is 10.9. The van der Waals surface area contributed by atoms with E-state index in [0.29, 0.717) is 6.54 Å². The highest BCUT2D eigenvalue weighted by Crippen LogP contribution is 2.09. The Bertz CT molecular complexity index is 375. The molecule has 0 bridgehead atoms. The second-order valence-electron chi connectivity index (χ2n) is 3.23. The molecule has 0 atom stereocenters. The number of rotatable bonds is 4. The molecule has 1 aromatic rings. The molecule has 1 amide bonds. The summed E-state index contributed by atoms with van der Waals surface area (Å²) in [5.41, 5.74) is 6.99. The number of hydrogen-bond donors (Lipinski definition) is 2. The lowest BCUT2D eigenvalue weighted by Crippen LogP contribution is -2.29. The molecular formula is C10H15N4O+. The molecule has 1 aromatic heterocycles. The van der Waals surface area contributed by atoms with E-state index in [1.165, 1.54) is 0 Å². The van der Waals surface area contributed by atoms with Crippen LogP contribution in [0.3, 0.4) is 0 Å². The van der Waals surface area contributed by atoms with Gasteiger partial charge in [0.1, 0.15) is 13.8 Å². The molecule has 0 spiro atoms. The Labute approximate surface area is 88.6 Å². The molecule has 0 fully saturated rings. The van der Waals surface area contributed by atoms with Crippen LogP contribution in [0.4, 0.5) is 5.69 Å². The summed E-state index contributed by atoms with van der Waals surface area (Å²) in [5.74, 6) is -0.177. The predicted octanol–water partition coefficient (Wildman–Crippen LogP) is -0.369. The lowest BCUT2D eigenvalue weighted by molar-refractivity contribution is -0.395. The Morgan fingerprint density at radius 2 is 2.40 bits per heavy atom. The minimum Gasteiger partial charge on any atom is -0.351 e. The van der Waals surface area contributed by atoms with Gasteiger partial charge in [0.2, 0.25) is 11.6 Å². The van der Waals surface area contributed by atoms with Crippen LogP contribution < -0.4 is 11.1 Å². The monoisotopic (exact) mass is 207 g/mol. The molecule has 0 saturated carbocycles. The third kappa shape index (κ3) is 3.47. The third-order valence-corrected chi connectivity index (χ3v) is 1.90. The summed E-state index contributed by atoms with van der Waals surface area (Å²) in [6.07, 6.45) is 3.41. The number of nitrogens with one attached hydrogen (secondary N) is 1. The highest BCUT2D eigenvalue weighted by atomic mass is 16.1. The first-order valence-corrected chi connectivity index (χ1v) is 4.58. The van der Waals surface area contributed by atoms with E-state index in [4.69, 9.17) is 5.73 Å². The Hall–Kier alpha value is -1.75. The van der Waals surface area contributed by atoms with Crippen molar-refractivity contribution < 1.29 is 9.37 Å². The molecule has 1 heterocycles. The van der Waals surface area contributed by atoms with Crippen molar-refractivity contribution in [3.05, 3.63) is 24.0 Å². The number of nitrogens with zero attached hydrogens (tertiary/aromatic N) is 2. The standard InChI is InChI=1S/C10H14N4O/c1-14(2)9-3-8(5-12-7-9)6-13-10(15)4-11/h3,5,7H,1,4,6,11H2,2H3/p+1. The molecule has 0 aliphatic rings. The molecule has 0 aliphatic carbocycles. The number of carbonyl (C=O) groups is 1. The molecule has 0 unspecified atom stereocenters. The van der Waals surface area contributed by atoms with Crippen molar-refractivity contribution in [2.24, 2.45) is 5.73 Å². The number of pyridine rings is 1. The lowest BCUT2D eigenvalue weighted by Gasteiger charge is -2.03. The largest absolute Gasteiger partial charge is 0.351 e. The van der Waals surface area contributed by atoms with Gasteiger partial charge in [-0.1, -0.05) is 0 Å². The minimum atomic E-state index is -0.177. The van der Waals surface area contributed by atoms with Gasteiger partial charge >= 0.3 is 0 Å². The fourth-order valence-electron chi connectivity index (χ4n) is 1.05. The van der Waals surface area contributed by atoms with Crippen molar-refractivity contribution in [3.8, 4) is 0 Å². The molecule has 3 N–H and O–H groups in total. The number of aromatic nitrogens is 1. The van der Waals surface area contributed by atoms with Crippen LogP contribution in [0.5, 0.6) is 0 Å². The van der Waals surface area contributed by atoms with Crippen molar-refractivity contribution in [3.63, 3.8) is 0 Å². The zero-order valence-corrected chi connectivity index (χ0v) is 8.73. The average molecular weight is 207 g/mol. The molecule has 5 nitrogen and oxygen atoms in total. The molecule has 15 heavy (non-hydrogen) atoms. The highest BCUT2D eigenvalue weighted by Gasteiger charge is 2.03. The Morgan fingerprint density at radius 3 is 3.00 bits per heavy atom. The SMILES string of the molecule is C=[N+](C)c1cncc(CNC(=O)CN)c1. The van der Waals surface area contributed by atoms with E-state index < -0.39 is 0 Å². The summed E-state index contributed by atoms with van der Waals surface area (Å²) in [5, 5.41) is 2.67. The predicted molar refractivity (Wildman–Crippen MR) is 58.1 cm³/mol. The van der Waals surface area contributed by atoms with Gasteiger partial charge in [-0.05, 0) is 5.56 Å². The number of amides is 1. The Morgan fingerprint density at radius 1 is 1.67 bits per heavy atom. The zero-order chi connectivity index (χ0) is 11.3. The molecule has 0 aromatic carbocycles. The molecule has 80 valence electrons. The average Bonchev–Trinajstić information content (AvgIpc) is 2.26. The van der Waals surface area contributed by atoms with E-state index in [0.717, 1.165) is 11.3 Å². The first-order chi connectivity index (χ1) is 7.13. The van der Waals surface area contributed by atoms with Gasteiger partial charge in [-0.25, -0.2) is 4.58 Å². The molecule has 1 rings (SSSR count). The molecule has 5 heteroatoms. The maximum absolute atomic E-state index is 10.9. The third-order valence-electron chi connectivity index (χ3n) is 1.90. The fraction of sp³-hybridized carbons (Fsp3) is 0.300. The molecule has 0 aliphatic heterocycles. The Balaban J connectivity index is 2.66. The lowest BCUT2D eigenvalue weighted by atomic mass is 10.2. The first kappa shape index (κ1) is 11.3. The van der Waals surface area contributed by atoms with Gasteiger partial charge in [-0.15, -0.1) is 0 Å². The molecule has 0 saturated heterocycles. The Kier molecular flexibility index (Phi) is 3.93.